The minimum Gasteiger partial charge on any atom is -0.381 e. The van der Waals surface area contributed by atoms with E-state index in [1.54, 1.807) is 12.1 Å². The van der Waals surface area contributed by atoms with Crippen molar-refractivity contribution < 1.29 is 9.53 Å². The van der Waals surface area contributed by atoms with Crippen molar-refractivity contribution in [3.05, 3.63) is 39.5 Å². The fourth-order valence-electron chi connectivity index (χ4n) is 3.23. The molecule has 3 rings (SSSR count). The smallest absolute Gasteiger partial charge is 0.162 e. The van der Waals surface area contributed by atoms with Crippen LogP contribution in [-0.2, 0) is 4.74 Å². The molecule has 0 aliphatic carbocycles. The van der Waals surface area contributed by atoms with Gasteiger partial charge in [0.25, 0.3) is 0 Å². The number of aromatic nitrogens is 1. The molecule has 118 valence electrons. The Kier molecular flexibility index (Phi) is 4.34. The number of Topliss-reactive ketones (excluding diaryl/α,β-unsaturated/α-hetero) is 1. The van der Waals surface area contributed by atoms with Crippen LogP contribution in [0.5, 0.6) is 0 Å². The van der Waals surface area contributed by atoms with Crippen LogP contribution in [0.3, 0.4) is 0 Å². The van der Waals surface area contributed by atoms with Crippen LogP contribution in [0.1, 0.15) is 52.9 Å². The molecule has 4 nitrogen and oxygen atoms in total. The Morgan fingerprint density at radius 3 is 2.70 bits per heavy atom. The number of fused-ring (bicyclic) bond motifs is 1. The van der Waals surface area contributed by atoms with Gasteiger partial charge in [-0.3, -0.25) is 9.78 Å². The predicted octanol–water partition coefficient (Wildman–Crippen LogP) is 4.16. The maximum absolute atomic E-state index is 12.0. The maximum Gasteiger partial charge on any atom is 0.162 e. The normalized spacial score (nSPS) is 15.6. The quantitative estimate of drug-likeness (QED) is 0.776. The van der Waals surface area contributed by atoms with Crippen LogP contribution in [0.25, 0.3) is 10.9 Å². The van der Waals surface area contributed by atoms with Gasteiger partial charge in [-0.2, -0.15) is 5.26 Å². The Bertz CT molecular complexity index is 833. The van der Waals surface area contributed by atoms with Crippen molar-refractivity contribution in [1.29, 1.82) is 5.26 Å². The zero-order chi connectivity index (χ0) is 16.6. The average Bonchev–Trinajstić information content (AvgIpc) is 2.54. The molecule has 0 bridgehead atoms. The van der Waals surface area contributed by atoms with Crippen LogP contribution < -0.4 is 0 Å². The lowest BCUT2D eigenvalue weighted by Crippen LogP contribution is -2.17. The number of pyridine rings is 1. The van der Waals surface area contributed by atoms with E-state index in [1.807, 2.05) is 6.92 Å². The van der Waals surface area contributed by atoms with Crippen LogP contribution in [0.4, 0.5) is 0 Å². The fraction of sp³-hybridized carbons (Fsp3) is 0.389. The Morgan fingerprint density at radius 1 is 1.39 bits per heavy atom. The summed E-state index contributed by atoms with van der Waals surface area (Å²) >= 11 is 6.13. The molecule has 23 heavy (non-hydrogen) atoms. The van der Waals surface area contributed by atoms with Gasteiger partial charge in [0.2, 0.25) is 0 Å². The molecule has 1 saturated heterocycles. The average molecular weight is 329 g/mol. The number of nitrogens with zero attached hydrogens (tertiary/aromatic N) is 2. The maximum atomic E-state index is 12.0. The summed E-state index contributed by atoms with van der Waals surface area (Å²) in [5, 5.41) is 10.7. The first-order chi connectivity index (χ1) is 11.0. The summed E-state index contributed by atoms with van der Waals surface area (Å²) < 4.78 is 5.42. The highest BCUT2D eigenvalue weighted by Gasteiger charge is 2.23. The van der Waals surface area contributed by atoms with Crippen LogP contribution >= 0.6 is 11.6 Å². The van der Waals surface area contributed by atoms with E-state index in [4.69, 9.17) is 21.3 Å². The van der Waals surface area contributed by atoms with Crippen LogP contribution in [0.2, 0.25) is 5.02 Å². The number of carbonyl (C=O) groups excluding carboxylic acids is 1. The number of hydrogen-bond acceptors (Lipinski definition) is 4. The highest BCUT2D eigenvalue weighted by Crippen LogP contribution is 2.34. The summed E-state index contributed by atoms with van der Waals surface area (Å²) in [5.41, 5.74) is 3.38. The summed E-state index contributed by atoms with van der Waals surface area (Å²) in [5.74, 6) is 0.159. The molecule has 0 radical (unpaired) electrons. The molecule has 2 heterocycles. The molecule has 0 amide bonds. The molecule has 0 spiro atoms. The van der Waals surface area contributed by atoms with E-state index in [0.717, 1.165) is 24.1 Å². The van der Waals surface area contributed by atoms with E-state index in [1.165, 1.54) is 6.92 Å². The third kappa shape index (κ3) is 2.83. The van der Waals surface area contributed by atoms with Gasteiger partial charge in [0.1, 0.15) is 6.07 Å². The van der Waals surface area contributed by atoms with Crippen molar-refractivity contribution in [3.63, 3.8) is 0 Å². The van der Waals surface area contributed by atoms with Crippen molar-refractivity contribution >= 4 is 28.3 Å². The number of nitriles is 1. The van der Waals surface area contributed by atoms with Gasteiger partial charge in [-0.25, -0.2) is 0 Å². The van der Waals surface area contributed by atoms with E-state index in [9.17, 15) is 10.1 Å². The first kappa shape index (κ1) is 15.9. The molecule has 0 N–H and O–H groups in total. The lowest BCUT2D eigenvalue weighted by atomic mass is 9.89. The minimum atomic E-state index is -0.101. The van der Waals surface area contributed by atoms with Gasteiger partial charge in [0, 0.05) is 40.8 Å². The second-order valence-corrected chi connectivity index (χ2v) is 6.34. The zero-order valence-electron chi connectivity index (χ0n) is 13.1. The Balaban J connectivity index is 2.33. The van der Waals surface area contributed by atoms with Crippen LogP contribution in [-0.4, -0.2) is 24.0 Å². The number of ketones is 1. The van der Waals surface area contributed by atoms with Crippen molar-refractivity contribution in [2.45, 2.75) is 32.6 Å². The molecular weight excluding hydrogens is 312 g/mol. The molecule has 1 aliphatic heterocycles. The lowest BCUT2D eigenvalue weighted by molar-refractivity contribution is 0.0844. The summed E-state index contributed by atoms with van der Waals surface area (Å²) in [7, 11) is 0. The first-order valence-corrected chi connectivity index (χ1v) is 8.03. The summed E-state index contributed by atoms with van der Waals surface area (Å²) in [4.78, 5) is 16.8. The molecule has 1 aliphatic rings. The van der Waals surface area contributed by atoms with Crippen molar-refractivity contribution in [2.75, 3.05) is 13.2 Å². The Morgan fingerprint density at radius 2 is 2.09 bits per heavy atom. The second-order valence-electron chi connectivity index (χ2n) is 5.90. The molecule has 1 aromatic heterocycles. The van der Waals surface area contributed by atoms with Gasteiger partial charge in [-0.1, -0.05) is 11.6 Å². The summed E-state index contributed by atoms with van der Waals surface area (Å²) in [6.45, 7) is 4.81. The van der Waals surface area contributed by atoms with Gasteiger partial charge >= 0.3 is 0 Å². The summed E-state index contributed by atoms with van der Waals surface area (Å²) in [6.07, 6.45) is 1.76. The van der Waals surface area contributed by atoms with Gasteiger partial charge in [-0.15, -0.1) is 0 Å². The van der Waals surface area contributed by atoms with Crippen molar-refractivity contribution in [2.24, 2.45) is 0 Å². The fourth-order valence-corrected chi connectivity index (χ4v) is 3.44. The molecule has 0 atom stereocenters. The third-order valence-electron chi connectivity index (χ3n) is 4.43. The van der Waals surface area contributed by atoms with Gasteiger partial charge < -0.3 is 4.74 Å². The van der Waals surface area contributed by atoms with Gasteiger partial charge in [-0.05, 0) is 44.4 Å². The number of benzene rings is 1. The third-order valence-corrected chi connectivity index (χ3v) is 4.65. The second kappa shape index (κ2) is 6.27. The number of carbonyl (C=O) groups is 1. The molecule has 2 aromatic rings. The van der Waals surface area contributed by atoms with Crippen LogP contribution in [0.15, 0.2) is 12.1 Å². The Hall–Kier alpha value is -1.96. The van der Waals surface area contributed by atoms with Crippen molar-refractivity contribution in [3.8, 4) is 6.07 Å². The van der Waals surface area contributed by atoms with Gasteiger partial charge in [0.05, 0.1) is 11.1 Å². The minimum absolute atomic E-state index is 0.101. The molecule has 1 aromatic carbocycles. The number of hydrogen-bond donors (Lipinski definition) is 0. The highest BCUT2D eigenvalue weighted by molar-refractivity contribution is 6.32. The van der Waals surface area contributed by atoms with E-state index < -0.39 is 0 Å². The molecule has 0 unspecified atom stereocenters. The number of halogens is 1. The molecule has 5 heteroatoms. The molecule has 1 fully saturated rings. The zero-order valence-corrected chi connectivity index (χ0v) is 13.9. The summed E-state index contributed by atoms with van der Waals surface area (Å²) in [6, 6.07) is 5.62. The van der Waals surface area contributed by atoms with Crippen molar-refractivity contribution in [1.82, 2.24) is 4.98 Å². The largest absolute Gasteiger partial charge is 0.381 e. The highest BCUT2D eigenvalue weighted by atomic mass is 35.5. The number of rotatable bonds is 2. The SMILES string of the molecule is CC(=O)c1cc(Cl)cc2c(C#N)c(C)c(C3CCOCC3)nc12. The topological polar surface area (TPSA) is 63.0 Å². The standard InChI is InChI=1S/C18H17ClN2O2/c1-10-16(9-20)15-8-13(19)7-14(11(2)22)18(15)21-17(10)12-3-5-23-6-4-12/h7-8,12H,3-6H2,1-2H3. The Labute approximate surface area is 140 Å². The monoisotopic (exact) mass is 328 g/mol. The lowest BCUT2D eigenvalue weighted by Gasteiger charge is -2.24. The van der Waals surface area contributed by atoms with E-state index in [-0.39, 0.29) is 11.7 Å². The molecule has 0 saturated carbocycles. The first-order valence-electron chi connectivity index (χ1n) is 7.65. The molecular formula is C18H17ClN2O2. The van der Waals surface area contributed by atoms with E-state index >= 15 is 0 Å². The van der Waals surface area contributed by atoms with E-state index in [2.05, 4.69) is 6.07 Å². The number of ether oxygens (including phenoxy) is 1. The van der Waals surface area contributed by atoms with E-state index in [0.29, 0.717) is 40.3 Å². The predicted molar refractivity (Wildman–Crippen MR) is 89.0 cm³/mol. The van der Waals surface area contributed by atoms with Gasteiger partial charge in [0.15, 0.2) is 5.78 Å². The van der Waals surface area contributed by atoms with Crippen LogP contribution in [0, 0.1) is 18.3 Å².